The minimum atomic E-state index is -0.0653. The Morgan fingerprint density at radius 1 is 1.23 bits per heavy atom. The number of hydrogen-bond acceptors (Lipinski definition) is 3. The molecule has 1 aliphatic heterocycles. The van der Waals surface area contributed by atoms with Crippen LogP contribution in [-0.2, 0) is 4.79 Å². The minimum Gasteiger partial charge on any atom is -0.333 e. The Morgan fingerprint density at radius 2 is 1.86 bits per heavy atom. The number of piperazine rings is 1. The van der Waals surface area contributed by atoms with E-state index in [1.165, 1.54) is 0 Å². The van der Waals surface area contributed by atoms with Crippen LogP contribution in [0.15, 0.2) is 24.3 Å². The summed E-state index contributed by atoms with van der Waals surface area (Å²) in [4.78, 5) is 26.2. The van der Waals surface area contributed by atoms with Gasteiger partial charge in [0.15, 0.2) is 0 Å². The van der Waals surface area contributed by atoms with Crippen molar-refractivity contribution in [1.82, 2.24) is 10.2 Å². The van der Waals surface area contributed by atoms with Gasteiger partial charge in [0.25, 0.3) is 5.91 Å². The molecule has 2 atom stereocenters. The Balaban J connectivity index is 2.06. The Kier molecular flexibility index (Phi) is 5.19. The summed E-state index contributed by atoms with van der Waals surface area (Å²) in [5.74, 6) is -0.0456. The number of nitrogens with one attached hydrogen (secondary N) is 2. The first kappa shape index (κ1) is 16.5. The normalized spacial score (nSPS) is 21.8. The quantitative estimate of drug-likeness (QED) is 0.899. The van der Waals surface area contributed by atoms with E-state index in [0.29, 0.717) is 11.6 Å². The maximum atomic E-state index is 12.6. The van der Waals surface area contributed by atoms with Gasteiger partial charge in [-0.2, -0.15) is 0 Å². The average molecular weight is 303 g/mol. The average Bonchev–Trinajstić information content (AvgIpc) is 2.50. The molecule has 2 rings (SSSR count). The largest absolute Gasteiger partial charge is 0.333 e. The number of benzene rings is 1. The van der Waals surface area contributed by atoms with Crippen molar-refractivity contribution >= 4 is 17.5 Å². The Morgan fingerprint density at radius 3 is 2.45 bits per heavy atom. The van der Waals surface area contributed by atoms with Gasteiger partial charge in [-0.15, -0.1) is 0 Å². The van der Waals surface area contributed by atoms with E-state index < -0.39 is 0 Å². The molecule has 0 saturated carbocycles. The molecule has 0 radical (unpaired) electrons. The van der Waals surface area contributed by atoms with E-state index in [0.717, 1.165) is 18.8 Å². The van der Waals surface area contributed by atoms with Crippen molar-refractivity contribution in [2.75, 3.05) is 18.4 Å². The zero-order valence-corrected chi connectivity index (χ0v) is 13.7. The summed E-state index contributed by atoms with van der Waals surface area (Å²) in [6.45, 7) is 9.39. The lowest BCUT2D eigenvalue weighted by Gasteiger charge is -2.38. The number of carbonyl (C=O) groups excluding carboxylic acids is 2. The van der Waals surface area contributed by atoms with E-state index in [9.17, 15) is 9.59 Å². The van der Waals surface area contributed by atoms with E-state index in [1.807, 2.05) is 18.7 Å². The molecule has 1 fully saturated rings. The molecular weight excluding hydrogens is 278 g/mol. The van der Waals surface area contributed by atoms with Crippen LogP contribution in [0, 0.1) is 5.92 Å². The molecule has 1 aliphatic rings. The molecule has 0 bridgehead atoms. The molecule has 2 N–H and O–H groups in total. The predicted molar refractivity (Wildman–Crippen MR) is 87.9 cm³/mol. The first-order chi connectivity index (χ1) is 10.4. The maximum Gasteiger partial charge on any atom is 0.254 e. The molecule has 2 amide bonds. The fourth-order valence-electron chi connectivity index (χ4n) is 2.49. The van der Waals surface area contributed by atoms with Gasteiger partial charge in [0.1, 0.15) is 0 Å². The lowest BCUT2D eigenvalue weighted by atomic mass is 10.1. The van der Waals surface area contributed by atoms with Crippen LogP contribution in [-0.4, -0.2) is 41.9 Å². The SMILES string of the molecule is CC(C)C(=O)Nc1ccc(C(=O)N2CCNC(C)C2C)cc1. The maximum absolute atomic E-state index is 12.6. The van der Waals surface area contributed by atoms with E-state index in [1.54, 1.807) is 24.3 Å². The minimum absolute atomic E-state index is 0.0244. The van der Waals surface area contributed by atoms with Crippen molar-refractivity contribution in [3.8, 4) is 0 Å². The second kappa shape index (κ2) is 6.92. The predicted octanol–water partition coefficient (Wildman–Crippen LogP) is 2.10. The second-order valence-electron chi connectivity index (χ2n) is 6.20. The van der Waals surface area contributed by atoms with Crippen molar-refractivity contribution in [3.63, 3.8) is 0 Å². The lowest BCUT2D eigenvalue weighted by Crippen LogP contribution is -2.57. The smallest absolute Gasteiger partial charge is 0.254 e. The molecule has 0 aromatic heterocycles. The monoisotopic (exact) mass is 303 g/mol. The van der Waals surface area contributed by atoms with Gasteiger partial charge in [0.05, 0.1) is 0 Å². The molecule has 1 aromatic carbocycles. The second-order valence-corrected chi connectivity index (χ2v) is 6.20. The molecule has 5 heteroatoms. The summed E-state index contributed by atoms with van der Waals surface area (Å²) in [6, 6.07) is 7.58. The fourth-order valence-corrected chi connectivity index (χ4v) is 2.49. The Bertz CT molecular complexity index is 539. The van der Waals surface area contributed by atoms with Gasteiger partial charge in [-0.25, -0.2) is 0 Å². The zero-order valence-electron chi connectivity index (χ0n) is 13.7. The molecule has 120 valence electrons. The van der Waals surface area contributed by atoms with Gasteiger partial charge in [0, 0.05) is 42.3 Å². The highest BCUT2D eigenvalue weighted by atomic mass is 16.2. The van der Waals surface area contributed by atoms with E-state index in [2.05, 4.69) is 24.5 Å². The van der Waals surface area contributed by atoms with Crippen LogP contribution < -0.4 is 10.6 Å². The van der Waals surface area contributed by atoms with Gasteiger partial charge < -0.3 is 15.5 Å². The van der Waals surface area contributed by atoms with E-state index >= 15 is 0 Å². The van der Waals surface area contributed by atoms with Gasteiger partial charge in [0.2, 0.25) is 5.91 Å². The van der Waals surface area contributed by atoms with Crippen molar-refractivity contribution in [2.24, 2.45) is 5.92 Å². The number of rotatable bonds is 3. The van der Waals surface area contributed by atoms with Crippen LogP contribution in [0.4, 0.5) is 5.69 Å². The summed E-state index contributed by atoms with van der Waals surface area (Å²) in [5.41, 5.74) is 1.38. The Hall–Kier alpha value is -1.88. The number of carbonyl (C=O) groups is 2. The molecular formula is C17H25N3O2. The van der Waals surface area contributed by atoms with Gasteiger partial charge in [-0.1, -0.05) is 13.8 Å². The van der Waals surface area contributed by atoms with Gasteiger partial charge in [-0.05, 0) is 38.1 Å². The first-order valence-corrected chi connectivity index (χ1v) is 7.85. The van der Waals surface area contributed by atoms with Gasteiger partial charge in [-0.3, -0.25) is 9.59 Å². The number of anilines is 1. The highest BCUT2D eigenvalue weighted by Crippen LogP contribution is 2.16. The van der Waals surface area contributed by atoms with Crippen molar-refractivity contribution in [3.05, 3.63) is 29.8 Å². The Labute approximate surface area is 132 Å². The van der Waals surface area contributed by atoms with Crippen LogP contribution >= 0.6 is 0 Å². The molecule has 0 spiro atoms. The topological polar surface area (TPSA) is 61.4 Å². The third-order valence-electron chi connectivity index (χ3n) is 4.22. The molecule has 1 heterocycles. The van der Waals surface area contributed by atoms with E-state index in [-0.39, 0.29) is 23.8 Å². The molecule has 5 nitrogen and oxygen atoms in total. The van der Waals surface area contributed by atoms with Gasteiger partial charge >= 0.3 is 0 Å². The van der Waals surface area contributed by atoms with Crippen LogP contribution in [0.2, 0.25) is 0 Å². The van der Waals surface area contributed by atoms with Crippen LogP contribution in [0.5, 0.6) is 0 Å². The highest BCUT2D eigenvalue weighted by molar-refractivity contribution is 5.96. The van der Waals surface area contributed by atoms with Crippen molar-refractivity contribution < 1.29 is 9.59 Å². The van der Waals surface area contributed by atoms with Crippen LogP contribution in [0.25, 0.3) is 0 Å². The third kappa shape index (κ3) is 3.65. The standard InChI is InChI=1S/C17H25N3O2/c1-11(2)16(21)19-15-7-5-14(6-8-15)17(22)20-10-9-18-12(3)13(20)4/h5-8,11-13,18H,9-10H2,1-4H3,(H,19,21). The van der Waals surface area contributed by atoms with E-state index in [4.69, 9.17) is 0 Å². The van der Waals surface area contributed by atoms with Crippen molar-refractivity contribution in [2.45, 2.75) is 39.8 Å². The molecule has 0 aliphatic carbocycles. The summed E-state index contributed by atoms with van der Waals surface area (Å²) >= 11 is 0. The van der Waals surface area contributed by atoms with Crippen molar-refractivity contribution in [1.29, 1.82) is 0 Å². The number of nitrogens with zero attached hydrogens (tertiary/aromatic N) is 1. The summed E-state index contributed by atoms with van der Waals surface area (Å²) < 4.78 is 0. The molecule has 22 heavy (non-hydrogen) atoms. The number of hydrogen-bond donors (Lipinski definition) is 2. The molecule has 2 unspecified atom stereocenters. The number of amides is 2. The lowest BCUT2D eigenvalue weighted by molar-refractivity contribution is -0.118. The van der Waals surface area contributed by atoms with Crippen LogP contribution in [0.1, 0.15) is 38.1 Å². The molecule has 1 saturated heterocycles. The fraction of sp³-hybridized carbons (Fsp3) is 0.529. The third-order valence-corrected chi connectivity index (χ3v) is 4.22. The first-order valence-electron chi connectivity index (χ1n) is 7.85. The molecule has 1 aromatic rings. The highest BCUT2D eigenvalue weighted by Gasteiger charge is 2.28. The summed E-state index contributed by atoms with van der Waals surface area (Å²) in [6.07, 6.45) is 0. The summed E-state index contributed by atoms with van der Waals surface area (Å²) in [5, 5.41) is 6.20. The zero-order chi connectivity index (χ0) is 16.3. The summed E-state index contributed by atoms with van der Waals surface area (Å²) in [7, 11) is 0. The van der Waals surface area contributed by atoms with Crippen LogP contribution in [0.3, 0.4) is 0 Å².